The van der Waals surface area contributed by atoms with Gasteiger partial charge in [0.25, 0.3) is 0 Å². The van der Waals surface area contributed by atoms with Crippen LogP contribution in [0.25, 0.3) is 0 Å². The van der Waals surface area contributed by atoms with Crippen molar-refractivity contribution in [2.45, 2.75) is 6.42 Å². The van der Waals surface area contributed by atoms with Crippen LogP contribution in [0.2, 0.25) is 0 Å². The number of ether oxygens (including phenoxy) is 1. The van der Waals surface area contributed by atoms with Gasteiger partial charge in [-0.1, -0.05) is 12.1 Å². The van der Waals surface area contributed by atoms with Crippen LogP contribution < -0.4 is 10.5 Å². The Labute approximate surface area is 87.3 Å². The maximum atomic E-state index is 5.72. The van der Waals surface area contributed by atoms with Gasteiger partial charge < -0.3 is 10.5 Å². The van der Waals surface area contributed by atoms with Crippen molar-refractivity contribution < 1.29 is 4.74 Å². The van der Waals surface area contributed by atoms with Gasteiger partial charge in [0.05, 0.1) is 12.3 Å². The van der Waals surface area contributed by atoms with Gasteiger partial charge in [0.15, 0.2) is 0 Å². The van der Waals surface area contributed by atoms with Crippen LogP contribution in [0.5, 0.6) is 5.75 Å². The molecule has 1 heterocycles. The number of benzene rings is 1. The average molecular weight is 204 g/mol. The predicted octanol–water partition coefficient (Wildman–Crippen LogP) is 1.01. The summed E-state index contributed by atoms with van der Waals surface area (Å²) < 4.78 is 5.50. The minimum atomic E-state index is 0.531. The highest BCUT2D eigenvalue weighted by Crippen LogP contribution is 2.19. The highest BCUT2D eigenvalue weighted by Gasteiger charge is 1.99. The Bertz CT molecular complexity index is 413. The van der Waals surface area contributed by atoms with E-state index in [0.29, 0.717) is 24.5 Å². The summed E-state index contributed by atoms with van der Waals surface area (Å²) in [5, 5.41) is 6.51. The van der Waals surface area contributed by atoms with Crippen LogP contribution in [0.3, 0.4) is 0 Å². The standard InChI is InChI=1S/C10H12N4O/c11-8-3-1-2-4-9(8)15-6-5-10-12-7-13-14-10/h1-4,7H,5-6,11H2,(H,12,13,14). The first-order valence-electron chi connectivity index (χ1n) is 4.68. The number of anilines is 1. The third-order valence-electron chi connectivity index (χ3n) is 1.98. The number of aromatic amines is 1. The molecule has 0 aliphatic carbocycles. The lowest BCUT2D eigenvalue weighted by molar-refractivity contribution is 0.320. The quantitative estimate of drug-likeness (QED) is 0.728. The van der Waals surface area contributed by atoms with E-state index in [0.717, 1.165) is 5.82 Å². The lowest BCUT2D eigenvalue weighted by atomic mass is 10.3. The van der Waals surface area contributed by atoms with E-state index in [2.05, 4.69) is 15.2 Å². The van der Waals surface area contributed by atoms with Crippen molar-refractivity contribution in [1.29, 1.82) is 0 Å². The molecule has 0 radical (unpaired) electrons. The number of nitrogen functional groups attached to an aromatic ring is 1. The molecular formula is C10H12N4O. The Balaban J connectivity index is 1.86. The maximum absolute atomic E-state index is 5.72. The molecule has 1 aromatic carbocycles. The number of rotatable bonds is 4. The van der Waals surface area contributed by atoms with E-state index in [1.807, 2.05) is 24.3 Å². The van der Waals surface area contributed by atoms with E-state index in [-0.39, 0.29) is 0 Å². The first kappa shape index (κ1) is 9.51. The van der Waals surface area contributed by atoms with Crippen molar-refractivity contribution in [3.63, 3.8) is 0 Å². The molecule has 0 saturated carbocycles. The molecule has 0 aliphatic heterocycles. The third-order valence-corrected chi connectivity index (χ3v) is 1.98. The van der Waals surface area contributed by atoms with E-state index in [1.54, 1.807) is 0 Å². The van der Waals surface area contributed by atoms with Crippen molar-refractivity contribution in [3.8, 4) is 5.75 Å². The van der Waals surface area contributed by atoms with Crippen LogP contribution in [-0.4, -0.2) is 21.8 Å². The van der Waals surface area contributed by atoms with Crippen molar-refractivity contribution in [1.82, 2.24) is 15.2 Å². The van der Waals surface area contributed by atoms with Crippen molar-refractivity contribution in [2.24, 2.45) is 0 Å². The van der Waals surface area contributed by atoms with Crippen molar-refractivity contribution >= 4 is 5.69 Å². The number of H-pyrrole nitrogens is 1. The van der Waals surface area contributed by atoms with Gasteiger partial charge in [0.1, 0.15) is 17.9 Å². The van der Waals surface area contributed by atoms with Crippen LogP contribution in [0.15, 0.2) is 30.6 Å². The van der Waals surface area contributed by atoms with E-state index >= 15 is 0 Å². The van der Waals surface area contributed by atoms with Gasteiger partial charge in [-0.25, -0.2) is 4.98 Å². The fourth-order valence-electron chi connectivity index (χ4n) is 1.22. The van der Waals surface area contributed by atoms with Crippen LogP contribution in [0.1, 0.15) is 5.82 Å². The van der Waals surface area contributed by atoms with E-state index in [4.69, 9.17) is 10.5 Å². The summed E-state index contributed by atoms with van der Waals surface area (Å²) in [6, 6.07) is 7.41. The Morgan fingerprint density at radius 1 is 1.33 bits per heavy atom. The summed E-state index contributed by atoms with van der Waals surface area (Å²) in [4.78, 5) is 3.99. The minimum absolute atomic E-state index is 0.531. The monoisotopic (exact) mass is 204 g/mol. The molecule has 1 aromatic heterocycles. The van der Waals surface area contributed by atoms with Gasteiger partial charge in [-0.05, 0) is 12.1 Å². The van der Waals surface area contributed by atoms with Gasteiger partial charge in [0.2, 0.25) is 0 Å². The second-order valence-electron chi connectivity index (χ2n) is 3.07. The summed E-state index contributed by atoms with van der Waals surface area (Å²) >= 11 is 0. The number of nitrogens with two attached hydrogens (primary N) is 1. The molecule has 0 bridgehead atoms. The molecule has 0 aliphatic rings. The van der Waals surface area contributed by atoms with Gasteiger partial charge in [0, 0.05) is 6.42 Å². The lowest BCUT2D eigenvalue weighted by Gasteiger charge is -2.06. The first-order chi connectivity index (χ1) is 7.36. The van der Waals surface area contributed by atoms with E-state index < -0.39 is 0 Å². The van der Waals surface area contributed by atoms with Gasteiger partial charge >= 0.3 is 0 Å². The highest BCUT2D eigenvalue weighted by atomic mass is 16.5. The molecule has 78 valence electrons. The van der Waals surface area contributed by atoms with Crippen molar-refractivity contribution in [3.05, 3.63) is 36.4 Å². The summed E-state index contributed by atoms with van der Waals surface area (Å²) in [6.45, 7) is 0.531. The summed E-state index contributed by atoms with van der Waals surface area (Å²) in [5.41, 5.74) is 6.37. The van der Waals surface area contributed by atoms with Crippen LogP contribution in [-0.2, 0) is 6.42 Å². The number of hydrogen-bond acceptors (Lipinski definition) is 4. The topological polar surface area (TPSA) is 76.8 Å². The van der Waals surface area contributed by atoms with Crippen LogP contribution in [0, 0.1) is 0 Å². The average Bonchev–Trinajstić information content (AvgIpc) is 2.74. The molecule has 0 spiro atoms. The Kier molecular flexibility index (Phi) is 2.82. The Morgan fingerprint density at radius 2 is 2.20 bits per heavy atom. The van der Waals surface area contributed by atoms with E-state index in [9.17, 15) is 0 Å². The lowest BCUT2D eigenvalue weighted by Crippen LogP contribution is -2.04. The first-order valence-corrected chi connectivity index (χ1v) is 4.68. The van der Waals surface area contributed by atoms with Gasteiger partial charge in [-0.2, -0.15) is 5.10 Å². The van der Waals surface area contributed by atoms with Gasteiger partial charge in [-0.3, -0.25) is 5.10 Å². The number of aromatic nitrogens is 3. The van der Waals surface area contributed by atoms with Crippen molar-refractivity contribution in [2.75, 3.05) is 12.3 Å². The largest absolute Gasteiger partial charge is 0.491 e. The molecular weight excluding hydrogens is 192 g/mol. The molecule has 0 fully saturated rings. The maximum Gasteiger partial charge on any atom is 0.142 e. The molecule has 5 heteroatoms. The van der Waals surface area contributed by atoms with Gasteiger partial charge in [-0.15, -0.1) is 0 Å². The Hall–Kier alpha value is -2.04. The minimum Gasteiger partial charge on any atom is -0.491 e. The molecule has 3 N–H and O–H groups in total. The third kappa shape index (κ3) is 2.46. The second-order valence-corrected chi connectivity index (χ2v) is 3.07. The zero-order chi connectivity index (χ0) is 10.5. The number of para-hydroxylation sites is 2. The van der Waals surface area contributed by atoms with E-state index in [1.165, 1.54) is 6.33 Å². The fraction of sp³-hybridized carbons (Fsp3) is 0.200. The molecule has 15 heavy (non-hydrogen) atoms. The molecule has 5 nitrogen and oxygen atoms in total. The van der Waals surface area contributed by atoms with Crippen LogP contribution >= 0.6 is 0 Å². The molecule has 2 rings (SSSR count). The number of nitrogens with zero attached hydrogens (tertiary/aromatic N) is 2. The highest BCUT2D eigenvalue weighted by molar-refractivity contribution is 5.51. The fourth-order valence-corrected chi connectivity index (χ4v) is 1.22. The number of hydrogen-bond donors (Lipinski definition) is 2. The summed E-state index contributed by atoms with van der Waals surface area (Å²) in [6.07, 6.45) is 2.17. The zero-order valence-corrected chi connectivity index (χ0v) is 8.18. The summed E-state index contributed by atoms with van der Waals surface area (Å²) in [7, 11) is 0. The zero-order valence-electron chi connectivity index (χ0n) is 8.18. The van der Waals surface area contributed by atoms with Crippen LogP contribution in [0.4, 0.5) is 5.69 Å². The normalized spacial score (nSPS) is 10.1. The SMILES string of the molecule is Nc1ccccc1OCCc1ncn[nH]1. The molecule has 0 saturated heterocycles. The molecule has 0 unspecified atom stereocenters. The molecule has 0 atom stereocenters. The molecule has 2 aromatic rings. The number of nitrogens with one attached hydrogen (secondary N) is 1. The Morgan fingerprint density at radius 3 is 2.93 bits per heavy atom. The second kappa shape index (κ2) is 4.45. The predicted molar refractivity (Wildman–Crippen MR) is 56.4 cm³/mol. The summed E-state index contributed by atoms with van der Waals surface area (Å²) in [5.74, 6) is 1.52. The molecule has 0 amide bonds. The smallest absolute Gasteiger partial charge is 0.142 e.